The van der Waals surface area contributed by atoms with Crippen LogP contribution in [0.25, 0.3) is 0 Å². The third-order valence-corrected chi connectivity index (χ3v) is 3.98. The molecule has 1 aromatic rings. The molecule has 1 aliphatic heterocycles. The first kappa shape index (κ1) is 15.1. The van der Waals surface area contributed by atoms with E-state index < -0.39 is 5.76 Å². The molecule has 0 bridgehead atoms. The maximum atomic E-state index is 12.5. The predicted molar refractivity (Wildman–Crippen MR) is 74.1 cm³/mol. The number of benzene rings is 1. The molecule has 1 aliphatic rings. The molecule has 1 aromatic carbocycles. The van der Waals surface area contributed by atoms with E-state index in [1.54, 1.807) is 29.2 Å². The zero-order valence-electron chi connectivity index (χ0n) is 10.8. The second-order valence-electron chi connectivity index (χ2n) is 4.48. The molecule has 1 atom stereocenters. The molecule has 0 unspecified atom stereocenters. The number of thioether (sulfide) groups is 1. The number of nitrogens with one attached hydrogen (secondary N) is 1. The molecule has 2 amide bonds. The molecule has 20 heavy (non-hydrogen) atoms. The first-order valence-electron chi connectivity index (χ1n) is 6.34. The number of hydrogen-bond acceptors (Lipinski definition) is 3. The van der Waals surface area contributed by atoms with Crippen LogP contribution in [-0.2, 0) is 0 Å². The number of carbonyl (C=O) groups is 1. The van der Waals surface area contributed by atoms with Crippen molar-refractivity contribution in [2.45, 2.75) is 29.5 Å². The van der Waals surface area contributed by atoms with Gasteiger partial charge in [0.1, 0.15) is 0 Å². The Bertz CT molecular complexity index is 473. The number of rotatable bonds is 4. The minimum Gasteiger partial charge on any atom is -0.394 e. The Morgan fingerprint density at radius 3 is 2.95 bits per heavy atom. The lowest BCUT2D eigenvalue weighted by molar-refractivity contribution is 0.166. The van der Waals surface area contributed by atoms with E-state index in [1.165, 1.54) is 0 Å². The van der Waals surface area contributed by atoms with Gasteiger partial charge in [0.25, 0.3) is 5.76 Å². The number of aliphatic hydroxyl groups excluding tert-OH is 1. The van der Waals surface area contributed by atoms with Crippen molar-refractivity contribution >= 4 is 23.5 Å². The van der Waals surface area contributed by atoms with Crippen LogP contribution in [0.5, 0.6) is 0 Å². The highest BCUT2D eigenvalue weighted by Gasteiger charge is 2.28. The topological polar surface area (TPSA) is 52.6 Å². The van der Waals surface area contributed by atoms with Gasteiger partial charge in [0.05, 0.1) is 18.3 Å². The molecular weight excluding hydrogens is 286 g/mol. The molecule has 4 nitrogen and oxygen atoms in total. The van der Waals surface area contributed by atoms with Crippen LogP contribution < -0.4 is 5.32 Å². The summed E-state index contributed by atoms with van der Waals surface area (Å²) in [5, 5.41) is 11.8. The van der Waals surface area contributed by atoms with E-state index in [-0.39, 0.29) is 18.7 Å². The van der Waals surface area contributed by atoms with Crippen LogP contribution in [0, 0.1) is 0 Å². The van der Waals surface area contributed by atoms with E-state index in [4.69, 9.17) is 0 Å². The van der Waals surface area contributed by atoms with Crippen molar-refractivity contribution in [2.24, 2.45) is 0 Å². The number of para-hydroxylation sites is 1. The average molecular weight is 302 g/mol. The number of likely N-dealkylation sites (tertiary alicyclic amines) is 1. The van der Waals surface area contributed by atoms with E-state index in [0.717, 1.165) is 12.8 Å². The summed E-state index contributed by atoms with van der Waals surface area (Å²) >= 11 is 0.400. The maximum absolute atomic E-state index is 12.5. The number of aliphatic hydroxyl groups is 1. The molecule has 1 saturated heterocycles. The molecule has 0 radical (unpaired) electrons. The van der Waals surface area contributed by atoms with Crippen LogP contribution >= 0.6 is 11.8 Å². The lowest BCUT2D eigenvalue weighted by atomic mass is 10.2. The van der Waals surface area contributed by atoms with Gasteiger partial charge in [-0.2, -0.15) is 8.78 Å². The molecule has 0 aromatic heterocycles. The standard InChI is InChI=1S/C13H16F2N2O2S/c14-12(15)20-11-6-2-1-5-10(11)16-13(19)17-7-3-4-9(17)8-18/h1-2,5-6,9,12,18H,3-4,7-8H2,(H,16,19)/t9-/m0/s1. The van der Waals surface area contributed by atoms with Gasteiger partial charge in [0, 0.05) is 11.4 Å². The number of hydrogen-bond donors (Lipinski definition) is 2. The van der Waals surface area contributed by atoms with E-state index in [0.29, 0.717) is 28.9 Å². The maximum Gasteiger partial charge on any atom is 0.322 e. The number of carbonyl (C=O) groups excluding carboxylic acids is 1. The van der Waals surface area contributed by atoms with E-state index in [2.05, 4.69) is 5.32 Å². The number of amides is 2. The SMILES string of the molecule is O=C(Nc1ccccc1SC(F)F)N1CCC[C@H]1CO. The Morgan fingerprint density at radius 1 is 1.50 bits per heavy atom. The van der Waals surface area contributed by atoms with Gasteiger partial charge in [-0.05, 0) is 25.0 Å². The fourth-order valence-corrected chi connectivity index (χ4v) is 2.84. The Kier molecular flexibility index (Phi) is 5.19. The van der Waals surface area contributed by atoms with Crippen molar-refractivity contribution in [2.75, 3.05) is 18.5 Å². The first-order valence-corrected chi connectivity index (χ1v) is 7.22. The smallest absolute Gasteiger partial charge is 0.322 e. The summed E-state index contributed by atoms with van der Waals surface area (Å²) in [6, 6.07) is 5.91. The summed E-state index contributed by atoms with van der Waals surface area (Å²) in [6.07, 6.45) is 1.60. The molecule has 0 spiro atoms. The van der Waals surface area contributed by atoms with Gasteiger partial charge in [-0.1, -0.05) is 23.9 Å². The summed E-state index contributed by atoms with van der Waals surface area (Å²) in [5.41, 5.74) is 0.367. The lowest BCUT2D eigenvalue weighted by Crippen LogP contribution is -2.40. The van der Waals surface area contributed by atoms with Gasteiger partial charge in [-0.3, -0.25) is 0 Å². The van der Waals surface area contributed by atoms with E-state index in [9.17, 15) is 18.7 Å². The highest BCUT2D eigenvalue weighted by molar-refractivity contribution is 7.99. The quantitative estimate of drug-likeness (QED) is 0.841. The summed E-state index contributed by atoms with van der Waals surface area (Å²) in [5.74, 6) is -2.54. The molecule has 110 valence electrons. The molecule has 0 aliphatic carbocycles. The normalized spacial score (nSPS) is 18.6. The van der Waals surface area contributed by atoms with Crippen LogP contribution in [0.15, 0.2) is 29.2 Å². The van der Waals surface area contributed by atoms with Gasteiger partial charge in [-0.15, -0.1) is 0 Å². The Morgan fingerprint density at radius 2 is 2.25 bits per heavy atom. The van der Waals surface area contributed by atoms with Gasteiger partial charge in [-0.25, -0.2) is 4.79 Å². The summed E-state index contributed by atoms with van der Waals surface area (Å²) < 4.78 is 24.9. The van der Waals surface area contributed by atoms with Crippen LogP contribution in [0.3, 0.4) is 0 Å². The molecule has 0 saturated carbocycles. The van der Waals surface area contributed by atoms with E-state index in [1.807, 2.05) is 0 Å². The van der Waals surface area contributed by atoms with Crippen LogP contribution in [-0.4, -0.2) is 41.0 Å². The zero-order valence-corrected chi connectivity index (χ0v) is 11.6. The molecule has 7 heteroatoms. The fourth-order valence-electron chi connectivity index (χ4n) is 2.25. The van der Waals surface area contributed by atoms with Crippen molar-refractivity contribution < 1.29 is 18.7 Å². The third kappa shape index (κ3) is 3.61. The highest BCUT2D eigenvalue weighted by atomic mass is 32.2. The zero-order chi connectivity index (χ0) is 14.5. The van der Waals surface area contributed by atoms with Crippen molar-refractivity contribution in [3.05, 3.63) is 24.3 Å². The summed E-state index contributed by atoms with van der Waals surface area (Å²) in [7, 11) is 0. The fraction of sp³-hybridized carbons (Fsp3) is 0.462. The number of anilines is 1. The van der Waals surface area contributed by atoms with Crippen molar-refractivity contribution in [3.8, 4) is 0 Å². The van der Waals surface area contributed by atoms with Crippen molar-refractivity contribution in [1.29, 1.82) is 0 Å². The number of nitrogens with zero attached hydrogens (tertiary/aromatic N) is 1. The second kappa shape index (κ2) is 6.90. The Labute approximate surface area is 120 Å². The molecule has 1 heterocycles. The van der Waals surface area contributed by atoms with E-state index >= 15 is 0 Å². The van der Waals surface area contributed by atoms with Crippen molar-refractivity contribution in [3.63, 3.8) is 0 Å². The minimum atomic E-state index is -2.54. The second-order valence-corrected chi connectivity index (χ2v) is 5.51. The molecule has 2 rings (SSSR count). The van der Waals surface area contributed by atoms with Gasteiger partial charge in [0.2, 0.25) is 0 Å². The number of alkyl halides is 2. The summed E-state index contributed by atoms with van der Waals surface area (Å²) in [6.45, 7) is 0.488. The largest absolute Gasteiger partial charge is 0.394 e. The molecule has 1 fully saturated rings. The minimum absolute atomic E-state index is 0.0825. The average Bonchev–Trinajstić information content (AvgIpc) is 2.88. The van der Waals surface area contributed by atoms with Crippen LogP contribution in [0.2, 0.25) is 0 Å². The highest BCUT2D eigenvalue weighted by Crippen LogP contribution is 2.32. The Balaban J connectivity index is 2.07. The summed E-state index contributed by atoms with van der Waals surface area (Å²) in [4.78, 5) is 14.0. The van der Waals surface area contributed by atoms with Crippen LogP contribution in [0.4, 0.5) is 19.3 Å². The molecule has 2 N–H and O–H groups in total. The number of halogens is 2. The predicted octanol–water partition coefficient (Wildman–Crippen LogP) is 2.99. The van der Waals surface area contributed by atoms with Gasteiger partial charge < -0.3 is 15.3 Å². The van der Waals surface area contributed by atoms with Crippen molar-refractivity contribution in [1.82, 2.24) is 4.90 Å². The van der Waals surface area contributed by atoms with Gasteiger partial charge >= 0.3 is 6.03 Å². The lowest BCUT2D eigenvalue weighted by Gasteiger charge is -2.23. The number of urea groups is 1. The van der Waals surface area contributed by atoms with Gasteiger partial charge in [0.15, 0.2) is 0 Å². The van der Waals surface area contributed by atoms with Crippen LogP contribution in [0.1, 0.15) is 12.8 Å². The third-order valence-electron chi connectivity index (χ3n) is 3.19. The molecular formula is C13H16F2N2O2S. The monoisotopic (exact) mass is 302 g/mol. The first-order chi connectivity index (χ1) is 9.61. The Hall–Kier alpha value is -1.34.